The van der Waals surface area contributed by atoms with E-state index in [1.165, 1.54) is 0 Å². The van der Waals surface area contributed by atoms with Crippen LogP contribution in [-0.2, 0) is 14.4 Å². The monoisotopic (exact) mass is 271 g/mol. The summed E-state index contributed by atoms with van der Waals surface area (Å²) in [6, 6.07) is -1.43. The lowest BCUT2D eigenvalue weighted by Gasteiger charge is -2.28. The van der Waals surface area contributed by atoms with Crippen molar-refractivity contribution in [3.05, 3.63) is 0 Å². The summed E-state index contributed by atoms with van der Waals surface area (Å²) in [5.74, 6) is -1.63. The van der Waals surface area contributed by atoms with Crippen LogP contribution in [0.3, 0.4) is 0 Å². The lowest BCUT2D eigenvalue weighted by Crippen LogP contribution is -2.52. The van der Waals surface area contributed by atoms with Crippen molar-refractivity contribution in [3.63, 3.8) is 0 Å². The SMILES string of the molecule is CC1CCNC(C(=O)NC(CCC(N)=O)C(=O)O)C1. The van der Waals surface area contributed by atoms with Crippen molar-refractivity contribution in [3.8, 4) is 0 Å². The van der Waals surface area contributed by atoms with Crippen LogP contribution in [0.5, 0.6) is 0 Å². The molecule has 0 saturated carbocycles. The third-order valence-corrected chi connectivity index (χ3v) is 3.28. The van der Waals surface area contributed by atoms with Crippen molar-refractivity contribution < 1.29 is 19.5 Å². The van der Waals surface area contributed by atoms with E-state index in [2.05, 4.69) is 17.6 Å². The predicted molar refractivity (Wildman–Crippen MR) is 68.2 cm³/mol. The molecule has 1 aliphatic rings. The summed E-state index contributed by atoms with van der Waals surface area (Å²) in [5.41, 5.74) is 4.98. The highest BCUT2D eigenvalue weighted by Crippen LogP contribution is 2.15. The van der Waals surface area contributed by atoms with Gasteiger partial charge in [-0.25, -0.2) is 4.79 Å². The number of primary amides is 1. The van der Waals surface area contributed by atoms with Crippen LogP contribution in [0.15, 0.2) is 0 Å². The zero-order valence-corrected chi connectivity index (χ0v) is 11.0. The van der Waals surface area contributed by atoms with Crippen LogP contribution in [0.25, 0.3) is 0 Å². The van der Waals surface area contributed by atoms with Crippen LogP contribution in [0.2, 0.25) is 0 Å². The van der Waals surface area contributed by atoms with E-state index in [4.69, 9.17) is 10.8 Å². The first-order valence-corrected chi connectivity index (χ1v) is 6.45. The molecule has 7 heteroatoms. The van der Waals surface area contributed by atoms with Crippen LogP contribution >= 0.6 is 0 Å². The van der Waals surface area contributed by atoms with Crippen LogP contribution in [0.4, 0.5) is 0 Å². The number of hydrogen-bond acceptors (Lipinski definition) is 4. The van der Waals surface area contributed by atoms with Gasteiger partial charge in [0.25, 0.3) is 0 Å². The van der Waals surface area contributed by atoms with Crippen molar-refractivity contribution in [1.82, 2.24) is 10.6 Å². The Labute approximate surface area is 111 Å². The Morgan fingerprint density at radius 3 is 2.68 bits per heavy atom. The maximum Gasteiger partial charge on any atom is 0.326 e. The fourth-order valence-corrected chi connectivity index (χ4v) is 2.12. The lowest BCUT2D eigenvalue weighted by molar-refractivity contribution is -0.142. The standard InChI is InChI=1S/C12H21N3O4/c1-7-4-5-14-9(6-7)11(17)15-8(12(18)19)2-3-10(13)16/h7-9,14H,2-6H2,1H3,(H2,13,16)(H,15,17)(H,18,19). The molecule has 0 radical (unpaired) electrons. The molecule has 3 unspecified atom stereocenters. The summed E-state index contributed by atoms with van der Waals surface area (Å²) < 4.78 is 0. The molecule has 1 saturated heterocycles. The fourth-order valence-electron chi connectivity index (χ4n) is 2.12. The number of carboxylic acids is 1. The van der Waals surface area contributed by atoms with E-state index in [9.17, 15) is 14.4 Å². The molecule has 1 rings (SSSR count). The van der Waals surface area contributed by atoms with E-state index in [0.717, 1.165) is 13.0 Å². The second-order valence-corrected chi connectivity index (χ2v) is 5.04. The molecule has 1 aliphatic heterocycles. The van der Waals surface area contributed by atoms with Crippen LogP contribution < -0.4 is 16.4 Å². The number of nitrogens with two attached hydrogens (primary N) is 1. The molecule has 0 aromatic heterocycles. The number of hydrogen-bond donors (Lipinski definition) is 4. The minimum absolute atomic E-state index is 0.0126. The molecule has 0 aliphatic carbocycles. The fraction of sp³-hybridized carbons (Fsp3) is 0.750. The van der Waals surface area contributed by atoms with Gasteiger partial charge in [0.15, 0.2) is 0 Å². The van der Waals surface area contributed by atoms with Crippen LogP contribution in [0.1, 0.15) is 32.6 Å². The second-order valence-electron chi connectivity index (χ2n) is 5.04. The Morgan fingerprint density at radius 2 is 2.16 bits per heavy atom. The Kier molecular flexibility index (Phi) is 5.75. The molecule has 5 N–H and O–H groups in total. The summed E-state index contributed by atoms with van der Waals surface area (Å²) in [6.07, 6.45) is 1.65. The molecule has 2 amide bonds. The van der Waals surface area contributed by atoms with Crippen molar-refractivity contribution in [2.45, 2.75) is 44.7 Å². The van der Waals surface area contributed by atoms with Crippen molar-refractivity contribution in [2.75, 3.05) is 6.54 Å². The Morgan fingerprint density at radius 1 is 1.47 bits per heavy atom. The predicted octanol–water partition coefficient (Wildman–Crippen LogP) is -0.791. The highest BCUT2D eigenvalue weighted by Gasteiger charge is 2.28. The normalized spacial score (nSPS) is 24.5. The molecular formula is C12H21N3O4. The minimum Gasteiger partial charge on any atom is -0.480 e. The van der Waals surface area contributed by atoms with Gasteiger partial charge in [-0.05, 0) is 31.7 Å². The average molecular weight is 271 g/mol. The van der Waals surface area contributed by atoms with E-state index in [1.54, 1.807) is 0 Å². The number of nitrogens with one attached hydrogen (secondary N) is 2. The quantitative estimate of drug-likeness (QED) is 0.504. The number of amides is 2. The first-order valence-electron chi connectivity index (χ1n) is 6.45. The van der Waals surface area contributed by atoms with Crippen molar-refractivity contribution in [1.29, 1.82) is 0 Å². The van der Waals surface area contributed by atoms with Crippen molar-refractivity contribution >= 4 is 17.8 Å². The van der Waals surface area contributed by atoms with Crippen LogP contribution in [-0.4, -0.2) is 41.5 Å². The number of carbonyl (C=O) groups excluding carboxylic acids is 2. The number of rotatable bonds is 6. The highest BCUT2D eigenvalue weighted by atomic mass is 16.4. The number of piperidine rings is 1. The molecule has 1 fully saturated rings. The molecule has 7 nitrogen and oxygen atoms in total. The zero-order chi connectivity index (χ0) is 14.4. The van der Waals surface area contributed by atoms with Gasteiger partial charge in [-0.15, -0.1) is 0 Å². The van der Waals surface area contributed by atoms with Crippen molar-refractivity contribution in [2.24, 2.45) is 11.7 Å². The third-order valence-electron chi connectivity index (χ3n) is 3.28. The van der Waals surface area contributed by atoms with E-state index in [-0.39, 0.29) is 24.8 Å². The zero-order valence-electron chi connectivity index (χ0n) is 11.0. The minimum atomic E-state index is -1.15. The summed E-state index contributed by atoms with van der Waals surface area (Å²) in [5, 5.41) is 14.5. The smallest absolute Gasteiger partial charge is 0.326 e. The van der Waals surface area contributed by atoms with Gasteiger partial charge in [0, 0.05) is 6.42 Å². The van der Waals surface area contributed by atoms with E-state index in [1.807, 2.05) is 0 Å². The summed E-state index contributed by atoms with van der Waals surface area (Å²) >= 11 is 0. The first kappa shape index (κ1) is 15.4. The van der Waals surface area contributed by atoms with Gasteiger partial charge in [0.1, 0.15) is 6.04 Å². The van der Waals surface area contributed by atoms with Crippen LogP contribution in [0, 0.1) is 5.92 Å². The highest BCUT2D eigenvalue weighted by molar-refractivity contribution is 5.87. The molecule has 0 aromatic rings. The largest absolute Gasteiger partial charge is 0.480 e. The number of aliphatic carboxylic acids is 1. The molecule has 19 heavy (non-hydrogen) atoms. The van der Waals surface area contributed by atoms with Gasteiger partial charge in [-0.3, -0.25) is 9.59 Å². The Hall–Kier alpha value is -1.63. The maximum absolute atomic E-state index is 12.0. The Bertz CT molecular complexity index is 359. The van der Waals surface area contributed by atoms with E-state index in [0.29, 0.717) is 12.3 Å². The average Bonchev–Trinajstić information content (AvgIpc) is 2.33. The van der Waals surface area contributed by atoms with Gasteiger partial charge < -0.3 is 21.5 Å². The topological polar surface area (TPSA) is 122 Å². The van der Waals surface area contributed by atoms with Gasteiger partial charge >= 0.3 is 5.97 Å². The first-order chi connectivity index (χ1) is 8.90. The summed E-state index contributed by atoms with van der Waals surface area (Å²) in [6.45, 7) is 2.81. The van der Waals surface area contributed by atoms with E-state index >= 15 is 0 Å². The third kappa shape index (κ3) is 5.25. The molecule has 0 bridgehead atoms. The molecule has 0 spiro atoms. The lowest BCUT2D eigenvalue weighted by atomic mass is 9.93. The van der Waals surface area contributed by atoms with Gasteiger partial charge in [-0.1, -0.05) is 6.92 Å². The molecule has 1 heterocycles. The maximum atomic E-state index is 12.0. The van der Waals surface area contributed by atoms with Gasteiger partial charge in [0.05, 0.1) is 6.04 Å². The molecule has 0 aromatic carbocycles. The molecule has 3 atom stereocenters. The molecular weight excluding hydrogens is 250 g/mol. The van der Waals surface area contributed by atoms with Gasteiger partial charge in [0.2, 0.25) is 11.8 Å². The number of carbonyl (C=O) groups is 3. The second kappa shape index (κ2) is 7.08. The number of carboxylic acid groups (broad SMARTS) is 1. The van der Waals surface area contributed by atoms with Gasteiger partial charge in [-0.2, -0.15) is 0 Å². The Balaban J connectivity index is 2.50. The van der Waals surface area contributed by atoms with E-state index < -0.39 is 17.9 Å². The summed E-state index contributed by atoms with van der Waals surface area (Å²) in [4.78, 5) is 33.6. The summed E-state index contributed by atoms with van der Waals surface area (Å²) in [7, 11) is 0. The molecule has 108 valence electrons.